The maximum absolute atomic E-state index is 5.62. The molecule has 0 aliphatic rings. The summed E-state index contributed by atoms with van der Waals surface area (Å²) in [5, 5.41) is 0. The van der Waals surface area contributed by atoms with Gasteiger partial charge >= 0.3 is 0 Å². The summed E-state index contributed by atoms with van der Waals surface area (Å²) in [6, 6.07) is 0. The van der Waals surface area contributed by atoms with Crippen molar-refractivity contribution >= 4 is 0 Å². The molecule has 0 spiro atoms. The maximum Gasteiger partial charge on any atom is 0.0508 e. The molecule has 0 aromatic carbocycles. The van der Waals surface area contributed by atoms with E-state index in [1.54, 1.807) is 0 Å². The van der Waals surface area contributed by atoms with Crippen LogP contribution in [0.25, 0.3) is 0 Å². The molecule has 0 aromatic heterocycles. The van der Waals surface area contributed by atoms with Crippen molar-refractivity contribution in [3.63, 3.8) is 0 Å². The van der Waals surface area contributed by atoms with Crippen LogP contribution < -0.4 is 5.73 Å². The van der Waals surface area contributed by atoms with Crippen molar-refractivity contribution in [2.45, 2.75) is 46.0 Å². The van der Waals surface area contributed by atoms with Crippen LogP contribution in [0.4, 0.5) is 0 Å². The van der Waals surface area contributed by atoms with Gasteiger partial charge in [-0.05, 0) is 12.3 Å². The van der Waals surface area contributed by atoms with Crippen molar-refractivity contribution in [2.75, 3.05) is 0 Å². The summed E-state index contributed by atoms with van der Waals surface area (Å²) >= 11 is 0. The average Bonchev–Trinajstić information content (AvgIpc) is 2.05. The summed E-state index contributed by atoms with van der Waals surface area (Å²) in [5.41, 5.74) is 9.16. The van der Waals surface area contributed by atoms with Gasteiger partial charge in [-0.25, -0.2) is 0 Å². The van der Waals surface area contributed by atoms with Gasteiger partial charge in [0.25, 0.3) is 0 Å². The van der Waals surface area contributed by atoms with Gasteiger partial charge in [-0.3, -0.25) is 0 Å². The highest BCUT2D eigenvalue weighted by atomic mass is 14.6. The lowest BCUT2D eigenvalue weighted by Crippen LogP contribution is -2.03. The molecule has 0 rings (SSSR count). The molecule has 0 bridgehead atoms. The first-order valence-electron chi connectivity index (χ1n) is 4.85. The number of hydrogen-bond acceptors (Lipinski definition) is 1. The fourth-order valence-corrected chi connectivity index (χ4v) is 1.29. The first-order valence-corrected chi connectivity index (χ1v) is 4.85. The van der Waals surface area contributed by atoms with E-state index in [1.165, 1.54) is 25.7 Å². The maximum atomic E-state index is 5.62. The van der Waals surface area contributed by atoms with E-state index in [1.807, 2.05) is 0 Å². The zero-order valence-electron chi connectivity index (χ0n) is 8.40. The summed E-state index contributed by atoms with van der Waals surface area (Å²) in [6.45, 7) is 7.98. The molecule has 1 unspecified atom stereocenters. The molecule has 1 atom stereocenters. The smallest absolute Gasteiger partial charge is 0.0508 e. The first-order chi connectivity index (χ1) is 5.70. The zero-order valence-corrected chi connectivity index (χ0v) is 8.40. The number of nitrogens with two attached hydrogens (primary N) is 1. The van der Waals surface area contributed by atoms with Gasteiger partial charge < -0.3 is 5.73 Å². The third-order valence-corrected chi connectivity index (χ3v) is 2.10. The second kappa shape index (κ2) is 7.00. The number of allylic oxidation sites excluding steroid dienone is 1. The van der Waals surface area contributed by atoms with Crippen molar-refractivity contribution < 1.29 is 0 Å². The largest absolute Gasteiger partial charge is 0.396 e. The molecular formula is C11H21N. The van der Waals surface area contributed by atoms with E-state index in [9.17, 15) is 0 Å². The molecule has 0 radical (unpaired) electrons. The van der Waals surface area contributed by atoms with E-state index in [0.29, 0.717) is 5.92 Å². The molecule has 0 saturated heterocycles. The van der Waals surface area contributed by atoms with E-state index in [0.717, 1.165) is 12.1 Å². The highest BCUT2D eigenvalue weighted by Gasteiger charge is 2.02. The topological polar surface area (TPSA) is 26.0 Å². The van der Waals surface area contributed by atoms with Gasteiger partial charge in [-0.15, -0.1) is 5.73 Å². The Morgan fingerprint density at radius 1 is 1.50 bits per heavy atom. The fraction of sp³-hybridized carbons (Fsp3) is 0.727. The minimum Gasteiger partial charge on any atom is -0.396 e. The summed E-state index contributed by atoms with van der Waals surface area (Å²) in [6.07, 6.45) is 6.17. The Morgan fingerprint density at radius 3 is 2.67 bits per heavy atom. The number of unbranched alkanes of at least 4 members (excludes halogenated alkanes) is 2. The molecule has 1 heteroatoms. The predicted molar refractivity (Wildman–Crippen MR) is 54.8 cm³/mol. The van der Waals surface area contributed by atoms with E-state index in [-0.39, 0.29) is 0 Å². The highest BCUT2D eigenvalue weighted by Crippen LogP contribution is 2.14. The van der Waals surface area contributed by atoms with Crippen LogP contribution >= 0.6 is 0 Å². The molecule has 0 aliphatic heterocycles. The van der Waals surface area contributed by atoms with Crippen molar-refractivity contribution in [3.05, 3.63) is 18.0 Å². The molecule has 12 heavy (non-hydrogen) atoms. The Labute approximate surface area is 76.3 Å². The SMILES string of the molecule is C=C=C(N)CC(C)CCCCC. The van der Waals surface area contributed by atoms with Crippen LogP contribution in [0.15, 0.2) is 18.0 Å². The first kappa shape index (κ1) is 11.3. The number of rotatable bonds is 6. The molecule has 0 aliphatic carbocycles. The Balaban J connectivity index is 3.46. The minimum absolute atomic E-state index is 0.686. The van der Waals surface area contributed by atoms with Crippen molar-refractivity contribution in [1.29, 1.82) is 0 Å². The van der Waals surface area contributed by atoms with Crippen molar-refractivity contribution in [2.24, 2.45) is 11.7 Å². The molecule has 0 fully saturated rings. The fourth-order valence-electron chi connectivity index (χ4n) is 1.29. The van der Waals surface area contributed by atoms with Crippen LogP contribution in [0.1, 0.15) is 46.0 Å². The molecule has 70 valence electrons. The van der Waals surface area contributed by atoms with E-state index in [2.05, 4.69) is 26.2 Å². The van der Waals surface area contributed by atoms with Gasteiger partial charge in [0.1, 0.15) is 0 Å². The summed E-state index contributed by atoms with van der Waals surface area (Å²) in [4.78, 5) is 0. The average molecular weight is 167 g/mol. The third kappa shape index (κ3) is 6.06. The quantitative estimate of drug-likeness (QED) is 0.477. The van der Waals surface area contributed by atoms with Crippen LogP contribution in [-0.2, 0) is 0 Å². The monoisotopic (exact) mass is 167 g/mol. The van der Waals surface area contributed by atoms with Gasteiger partial charge in [0.15, 0.2) is 0 Å². The molecular weight excluding hydrogens is 146 g/mol. The summed E-state index contributed by atoms with van der Waals surface area (Å²) in [7, 11) is 0. The van der Waals surface area contributed by atoms with Crippen molar-refractivity contribution in [3.8, 4) is 0 Å². The van der Waals surface area contributed by atoms with Crippen LogP contribution in [0.2, 0.25) is 0 Å². The molecule has 0 heterocycles. The Hall–Kier alpha value is -0.680. The van der Waals surface area contributed by atoms with E-state index < -0.39 is 0 Å². The normalized spacial score (nSPS) is 12.2. The molecule has 1 nitrogen and oxygen atoms in total. The van der Waals surface area contributed by atoms with Gasteiger partial charge in [-0.2, -0.15) is 0 Å². The standard InChI is InChI=1S/C11H21N/c1-4-6-7-8-10(3)9-11(12)5-2/h10H,2,4,6-9,12H2,1,3H3. The van der Waals surface area contributed by atoms with Crippen LogP contribution in [0.3, 0.4) is 0 Å². The highest BCUT2D eigenvalue weighted by molar-refractivity contribution is 4.93. The van der Waals surface area contributed by atoms with E-state index >= 15 is 0 Å². The van der Waals surface area contributed by atoms with Gasteiger partial charge in [0, 0.05) is 0 Å². The lowest BCUT2D eigenvalue weighted by Gasteiger charge is -2.09. The Morgan fingerprint density at radius 2 is 2.17 bits per heavy atom. The Bertz CT molecular complexity index is 154. The molecule has 0 aromatic rings. The van der Waals surface area contributed by atoms with Crippen LogP contribution in [0.5, 0.6) is 0 Å². The van der Waals surface area contributed by atoms with Gasteiger partial charge in [0.05, 0.1) is 5.70 Å². The number of hydrogen-bond donors (Lipinski definition) is 1. The predicted octanol–water partition coefficient (Wildman–Crippen LogP) is 3.22. The van der Waals surface area contributed by atoms with Gasteiger partial charge in [-0.1, -0.05) is 46.1 Å². The Kier molecular flexibility index (Phi) is 6.60. The summed E-state index contributed by atoms with van der Waals surface area (Å²) < 4.78 is 0. The third-order valence-electron chi connectivity index (χ3n) is 2.10. The van der Waals surface area contributed by atoms with E-state index in [4.69, 9.17) is 5.73 Å². The molecule has 0 saturated carbocycles. The van der Waals surface area contributed by atoms with Crippen LogP contribution in [-0.4, -0.2) is 0 Å². The van der Waals surface area contributed by atoms with Gasteiger partial charge in [0.2, 0.25) is 0 Å². The second-order valence-corrected chi connectivity index (χ2v) is 3.51. The zero-order chi connectivity index (χ0) is 9.40. The second-order valence-electron chi connectivity index (χ2n) is 3.51. The summed E-state index contributed by atoms with van der Waals surface area (Å²) in [5.74, 6) is 0.686. The lowest BCUT2D eigenvalue weighted by molar-refractivity contribution is 0.490. The molecule has 0 amide bonds. The molecule has 2 N–H and O–H groups in total. The minimum atomic E-state index is 0.686. The van der Waals surface area contributed by atoms with Crippen LogP contribution in [0, 0.1) is 5.92 Å². The lowest BCUT2D eigenvalue weighted by atomic mass is 9.99. The van der Waals surface area contributed by atoms with Crippen molar-refractivity contribution in [1.82, 2.24) is 0 Å².